The molecule has 22 heavy (non-hydrogen) atoms. The van der Waals surface area contributed by atoms with Gasteiger partial charge < -0.3 is 24.8 Å². The summed E-state index contributed by atoms with van der Waals surface area (Å²) in [5.74, 6) is 0.541. The lowest BCUT2D eigenvalue weighted by Crippen LogP contribution is -2.34. The van der Waals surface area contributed by atoms with Crippen LogP contribution in [-0.2, 0) is 0 Å². The van der Waals surface area contributed by atoms with Gasteiger partial charge in [-0.3, -0.25) is 4.90 Å². The fourth-order valence-corrected chi connectivity index (χ4v) is 3.47. The molecule has 1 aliphatic rings. The van der Waals surface area contributed by atoms with Gasteiger partial charge in [0.15, 0.2) is 19.5 Å². The summed E-state index contributed by atoms with van der Waals surface area (Å²) < 4.78 is 7.21. The van der Waals surface area contributed by atoms with Crippen molar-refractivity contribution in [2.24, 2.45) is 0 Å². The Morgan fingerprint density at radius 3 is 2.73 bits per heavy atom. The minimum Gasteiger partial charge on any atom is -0.479 e. The SMILES string of the molecule is COc1nc(N)nc2c1ncn2C1CCN(CP(O)O)CC1. The van der Waals surface area contributed by atoms with Crippen LogP contribution in [0.5, 0.6) is 5.88 Å². The third-order valence-electron chi connectivity index (χ3n) is 3.88. The number of methoxy groups -OCH3 is 1. The molecule has 2 aromatic rings. The molecule has 0 atom stereocenters. The molecule has 0 saturated carbocycles. The Labute approximate surface area is 128 Å². The van der Waals surface area contributed by atoms with Crippen molar-refractivity contribution in [1.29, 1.82) is 0 Å². The smallest absolute Gasteiger partial charge is 0.246 e. The number of aromatic nitrogens is 4. The number of fused-ring (bicyclic) bond motifs is 1. The van der Waals surface area contributed by atoms with E-state index in [2.05, 4.69) is 19.9 Å². The summed E-state index contributed by atoms with van der Waals surface area (Å²) >= 11 is 0. The van der Waals surface area contributed by atoms with Crippen molar-refractivity contribution in [2.45, 2.75) is 18.9 Å². The predicted molar refractivity (Wildman–Crippen MR) is 82.4 cm³/mol. The molecule has 3 heterocycles. The molecule has 0 amide bonds. The highest BCUT2D eigenvalue weighted by atomic mass is 31.2. The van der Waals surface area contributed by atoms with Crippen molar-refractivity contribution < 1.29 is 14.5 Å². The van der Waals surface area contributed by atoms with E-state index in [1.54, 1.807) is 6.33 Å². The quantitative estimate of drug-likeness (QED) is 0.686. The third kappa shape index (κ3) is 2.98. The van der Waals surface area contributed by atoms with Gasteiger partial charge in [-0.1, -0.05) is 0 Å². The average Bonchev–Trinajstić information content (AvgIpc) is 2.90. The Kier molecular flexibility index (Phi) is 4.39. The molecule has 0 spiro atoms. The standard InChI is InChI=1S/C12H19N6O3P/c1-21-11-9-10(15-12(13)16-11)18(6-14-9)8-2-4-17(5-3-8)7-22(19)20/h6,8,19-20H,2-5,7H2,1H3,(H2,13,15,16). The van der Waals surface area contributed by atoms with Crippen molar-refractivity contribution in [3.63, 3.8) is 0 Å². The van der Waals surface area contributed by atoms with Gasteiger partial charge in [-0.05, 0) is 12.8 Å². The zero-order chi connectivity index (χ0) is 15.7. The number of ether oxygens (including phenoxy) is 1. The fraction of sp³-hybridized carbons (Fsp3) is 0.583. The van der Waals surface area contributed by atoms with Crippen molar-refractivity contribution in [2.75, 3.05) is 32.2 Å². The van der Waals surface area contributed by atoms with Crippen LogP contribution in [0, 0.1) is 0 Å². The van der Waals surface area contributed by atoms with Crippen LogP contribution in [0.25, 0.3) is 11.2 Å². The lowest BCUT2D eigenvalue weighted by atomic mass is 10.1. The number of hydrogen-bond acceptors (Lipinski definition) is 8. The molecule has 0 aliphatic carbocycles. The highest BCUT2D eigenvalue weighted by Crippen LogP contribution is 2.31. The molecule has 0 aromatic carbocycles. The lowest BCUT2D eigenvalue weighted by molar-refractivity contribution is 0.206. The number of likely N-dealkylation sites (tertiary alicyclic amines) is 1. The number of piperidine rings is 1. The molecule has 1 saturated heterocycles. The molecule has 2 aromatic heterocycles. The van der Waals surface area contributed by atoms with Gasteiger partial charge in [0.05, 0.1) is 19.7 Å². The van der Waals surface area contributed by atoms with Crippen molar-refractivity contribution in [3.05, 3.63) is 6.33 Å². The first kappa shape index (κ1) is 15.4. The molecule has 1 aliphatic heterocycles. The molecule has 10 heteroatoms. The summed E-state index contributed by atoms with van der Waals surface area (Å²) in [4.78, 5) is 32.9. The minimum atomic E-state index is -1.87. The topological polar surface area (TPSA) is 123 Å². The van der Waals surface area contributed by atoms with E-state index < -0.39 is 8.38 Å². The Hall–Kier alpha value is -1.54. The van der Waals surface area contributed by atoms with Gasteiger partial charge in [0.1, 0.15) is 0 Å². The van der Waals surface area contributed by atoms with Crippen LogP contribution < -0.4 is 10.5 Å². The van der Waals surface area contributed by atoms with Gasteiger partial charge in [0, 0.05) is 19.1 Å². The van der Waals surface area contributed by atoms with Gasteiger partial charge >= 0.3 is 0 Å². The van der Waals surface area contributed by atoms with E-state index in [0.29, 0.717) is 23.3 Å². The van der Waals surface area contributed by atoms with E-state index in [9.17, 15) is 0 Å². The first-order chi connectivity index (χ1) is 10.6. The maximum absolute atomic E-state index is 9.10. The van der Waals surface area contributed by atoms with Gasteiger partial charge in [-0.25, -0.2) is 4.98 Å². The zero-order valence-electron chi connectivity index (χ0n) is 12.3. The van der Waals surface area contributed by atoms with Gasteiger partial charge in [0.25, 0.3) is 0 Å². The van der Waals surface area contributed by atoms with Gasteiger partial charge in [-0.2, -0.15) is 9.97 Å². The number of imidazole rings is 1. The average molecular weight is 326 g/mol. The second-order valence-electron chi connectivity index (χ2n) is 5.28. The molecule has 0 bridgehead atoms. The molecule has 1 fully saturated rings. The van der Waals surface area contributed by atoms with E-state index in [-0.39, 0.29) is 12.0 Å². The Balaban J connectivity index is 1.82. The zero-order valence-corrected chi connectivity index (χ0v) is 13.1. The normalized spacial score (nSPS) is 17.5. The van der Waals surface area contributed by atoms with Gasteiger partial charge in [-0.15, -0.1) is 0 Å². The van der Waals surface area contributed by atoms with Crippen LogP contribution in [0.4, 0.5) is 5.95 Å². The maximum atomic E-state index is 9.10. The summed E-state index contributed by atoms with van der Waals surface area (Å²) in [7, 11) is -0.340. The number of nitrogen functional groups attached to an aromatic ring is 1. The van der Waals surface area contributed by atoms with Crippen LogP contribution >= 0.6 is 8.38 Å². The van der Waals surface area contributed by atoms with Crippen LogP contribution in [0.15, 0.2) is 6.33 Å². The van der Waals surface area contributed by atoms with Gasteiger partial charge in [0.2, 0.25) is 11.8 Å². The van der Waals surface area contributed by atoms with Crippen LogP contribution in [0.2, 0.25) is 0 Å². The molecular weight excluding hydrogens is 307 g/mol. The van der Waals surface area contributed by atoms with E-state index in [1.165, 1.54) is 7.11 Å². The number of rotatable bonds is 4. The van der Waals surface area contributed by atoms with Crippen LogP contribution in [0.3, 0.4) is 0 Å². The van der Waals surface area contributed by atoms with Crippen LogP contribution in [-0.4, -0.2) is 60.7 Å². The Bertz CT molecular complexity index is 656. The number of anilines is 1. The molecule has 3 rings (SSSR count). The lowest BCUT2D eigenvalue weighted by Gasteiger charge is -2.32. The largest absolute Gasteiger partial charge is 0.479 e. The minimum absolute atomic E-state index is 0.162. The summed E-state index contributed by atoms with van der Waals surface area (Å²) in [6, 6.07) is 0.254. The van der Waals surface area contributed by atoms with Crippen molar-refractivity contribution in [3.8, 4) is 5.88 Å². The Morgan fingerprint density at radius 1 is 1.36 bits per heavy atom. The summed E-state index contributed by atoms with van der Waals surface area (Å²) in [6.07, 6.45) is 3.87. The molecule has 0 radical (unpaired) electrons. The predicted octanol–water partition coefficient (Wildman–Crippen LogP) is 0.308. The molecule has 9 nitrogen and oxygen atoms in total. The van der Waals surface area contributed by atoms with E-state index >= 15 is 0 Å². The molecule has 4 N–H and O–H groups in total. The first-order valence-corrected chi connectivity index (χ1v) is 8.43. The molecular formula is C12H19N6O3P. The summed E-state index contributed by atoms with van der Waals surface area (Å²) in [5.41, 5.74) is 7.01. The highest BCUT2D eigenvalue weighted by molar-refractivity contribution is 7.44. The van der Waals surface area contributed by atoms with Crippen molar-refractivity contribution >= 4 is 25.5 Å². The van der Waals surface area contributed by atoms with E-state index in [4.69, 9.17) is 20.3 Å². The molecule has 120 valence electrons. The fourth-order valence-electron chi connectivity index (χ4n) is 2.83. The third-order valence-corrected chi connectivity index (χ3v) is 4.53. The van der Waals surface area contributed by atoms with Crippen molar-refractivity contribution in [1.82, 2.24) is 24.4 Å². The van der Waals surface area contributed by atoms with E-state index in [0.717, 1.165) is 25.9 Å². The number of hydrogen-bond donors (Lipinski definition) is 3. The maximum Gasteiger partial charge on any atom is 0.246 e. The van der Waals surface area contributed by atoms with E-state index in [1.807, 2.05) is 4.57 Å². The molecule has 0 unspecified atom stereocenters. The second kappa shape index (κ2) is 6.29. The Morgan fingerprint density at radius 2 is 2.09 bits per heavy atom. The highest BCUT2D eigenvalue weighted by Gasteiger charge is 2.24. The first-order valence-electron chi connectivity index (χ1n) is 7.00. The second-order valence-corrected chi connectivity index (χ2v) is 6.31. The summed E-state index contributed by atoms with van der Waals surface area (Å²) in [5, 5.41) is 0. The monoisotopic (exact) mass is 326 g/mol. The van der Waals surface area contributed by atoms with Crippen LogP contribution in [0.1, 0.15) is 18.9 Å². The summed E-state index contributed by atoms with van der Waals surface area (Å²) in [6.45, 7) is 1.62. The number of nitrogens with zero attached hydrogens (tertiary/aromatic N) is 5. The number of nitrogens with two attached hydrogens (primary N) is 1.